The van der Waals surface area contributed by atoms with Crippen LogP contribution in [0.5, 0.6) is 0 Å². The highest BCUT2D eigenvalue weighted by atomic mass is 16.5. The molecule has 1 aliphatic heterocycles. The molecule has 0 aliphatic carbocycles. The first-order valence-corrected chi connectivity index (χ1v) is 9.62. The molecule has 6 nitrogen and oxygen atoms in total. The van der Waals surface area contributed by atoms with Crippen molar-refractivity contribution in [2.45, 2.75) is 27.3 Å². The van der Waals surface area contributed by atoms with Gasteiger partial charge in [-0.05, 0) is 42.0 Å². The summed E-state index contributed by atoms with van der Waals surface area (Å²) in [7, 11) is 0. The van der Waals surface area contributed by atoms with E-state index in [9.17, 15) is 10.0 Å². The van der Waals surface area contributed by atoms with E-state index >= 15 is 0 Å². The molecule has 0 aromatic heterocycles. The van der Waals surface area contributed by atoms with Crippen LogP contribution in [-0.4, -0.2) is 42.5 Å². The molecule has 0 saturated carbocycles. The molecule has 0 radical (unpaired) electrons. The highest BCUT2D eigenvalue weighted by Crippen LogP contribution is 2.23. The Morgan fingerprint density at radius 3 is 2.11 bits per heavy atom. The van der Waals surface area contributed by atoms with Gasteiger partial charge in [0.15, 0.2) is 0 Å². The lowest BCUT2D eigenvalue weighted by Gasteiger charge is -2.29. The SMILES string of the molecule is CC(C)(C)C(=O)N(O)Cc1ccc(Nc2ccc(N3CCOCC3)cc2)cc1. The Balaban J connectivity index is 1.57. The van der Waals surface area contributed by atoms with Crippen molar-refractivity contribution in [3.8, 4) is 0 Å². The zero-order valence-corrected chi connectivity index (χ0v) is 16.8. The van der Waals surface area contributed by atoms with Crippen molar-refractivity contribution in [2.24, 2.45) is 5.41 Å². The van der Waals surface area contributed by atoms with Crippen LogP contribution in [0.3, 0.4) is 0 Å². The number of rotatable bonds is 5. The maximum absolute atomic E-state index is 12.1. The van der Waals surface area contributed by atoms with Gasteiger partial charge in [0.1, 0.15) is 0 Å². The van der Waals surface area contributed by atoms with Crippen LogP contribution in [0.4, 0.5) is 17.1 Å². The zero-order valence-electron chi connectivity index (χ0n) is 16.8. The minimum absolute atomic E-state index is 0.171. The fraction of sp³-hybridized carbons (Fsp3) is 0.409. The van der Waals surface area contributed by atoms with Crippen molar-refractivity contribution in [1.29, 1.82) is 0 Å². The predicted octanol–water partition coefficient (Wildman–Crippen LogP) is 4.03. The van der Waals surface area contributed by atoms with Gasteiger partial charge in [-0.2, -0.15) is 0 Å². The number of benzene rings is 2. The summed E-state index contributed by atoms with van der Waals surface area (Å²) in [4.78, 5) is 14.4. The number of carbonyl (C=O) groups excluding carboxylic acids is 1. The van der Waals surface area contributed by atoms with E-state index in [0.29, 0.717) is 0 Å². The van der Waals surface area contributed by atoms with Crippen LogP contribution >= 0.6 is 0 Å². The van der Waals surface area contributed by atoms with Gasteiger partial charge in [-0.15, -0.1) is 0 Å². The van der Waals surface area contributed by atoms with Crippen molar-refractivity contribution in [3.05, 3.63) is 54.1 Å². The van der Waals surface area contributed by atoms with E-state index in [4.69, 9.17) is 4.74 Å². The highest BCUT2D eigenvalue weighted by Gasteiger charge is 2.26. The molecule has 6 heteroatoms. The molecule has 28 heavy (non-hydrogen) atoms. The van der Waals surface area contributed by atoms with Gasteiger partial charge in [0.25, 0.3) is 5.91 Å². The monoisotopic (exact) mass is 383 g/mol. The number of hydrogen-bond acceptors (Lipinski definition) is 5. The highest BCUT2D eigenvalue weighted by molar-refractivity contribution is 5.80. The van der Waals surface area contributed by atoms with Gasteiger partial charge in [0.2, 0.25) is 0 Å². The summed E-state index contributed by atoms with van der Waals surface area (Å²) in [5, 5.41) is 14.2. The Morgan fingerprint density at radius 1 is 1.04 bits per heavy atom. The number of amides is 1. The molecule has 2 N–H and O–H groups in total. The zero-order chi connectivity index (χ0) is 20.1. The van der Waals surface area contributed by atoms with Crippen LogP contribution in [0, 0.1) is 5.41 Å². The predicted molar refractivity (Wildman–Crippen MR) is 111 cm³/mol. The van der Waals surface area contributed by atoms with Crippen molar-refractivity contribution < 1.29 is 14.7 Å². The number of anilines is 3. The normalized spacial score (nSPS) is 14.6. The van der Waals surface area contributed by atoms with E-state index in [1.54, 1.807) is 20.8 Å². The maximum atomic E-state index is 12.1. The van der Waals surface area contributed by atoms with Gasteiger partial charge in [0, 0.05) is 35.6 Å². The lowest BCUT2D eigenvalue weighted by Crippen LogP contribution is -2.36. The molecule has 1 aliphatic rings. The van der Waals surface area contributed by atoms with Crippen molar-refractivity contribution >= 4 is 23.0 Å². The fourth-order valence-corrected chi connectivity index (χ4v) is 3.07. The van der Waals surface area contributed by atoms with Crippen molar-refractivity contribution in [3.63, 3.8) is 0 Å². The van der Waals surface area contributed by atoms with E-state index in [-0.39, 0.29) is 12.5 Å². The Labute approximate surface area is 166 Å². The summed E-state index contributed by atoms with van der Waals surface area (Å²) >= 11 is 0. The number of carbonyl (C=O) groups is 1. The molecule has 0 spiro atoms. The van der Waals surface area contributed by atoms with Gasteiger partial charge in [-0.1, -0.05) is 32.9 Å². The third-order valence-electron chi connectivity index (χ3n) is 4.69. The lowest BCUT2D eigenvalue weighted by atomic mass is 9.95. The number of nitrogens with zero attached hydrogens (tertiary/aromatic N) is 2. The first-order valence-electron chi connectivity index (χ1n) is 9.62. The largest absolute Gasteiger partial charge is 0.378 e. The number of ether oxygens (including phenoxy) is 1. The second-order valence-corrected chi connectivity index (χ2v) is 8.08. The van der Waals surface area contributed by atoms with E-state index in [0.717, 1.165) is 48.3 Å². The number of hydrogen-bond donors (Lipinski definition) is 2. The van der Waals surface area contributed by atoms with Crippen LogP contribution < -0.4 is 10.2 Å². The minimum Gasteiger partial charge on any atom is -0.378 e. The Hall–Kier alpha value is -2.57. The Kier molecular flexibility index (Phi) is 6.21. The van der Waals surface area contributed by atoms with Gasteiger partial charge in [0.05, 0.1) is 19.8 Å². The van der Waals surface area contributed by atoms with Crippen molar-refractivity contribution in [1.82, 2.24) is 5.06 Å². The third-order valence-corrected chi connectivity index (χ3v) is 4.69. The second-order valence-electron chi connectivity index (χ2n) is 8.08. The summed E-state index contributed by atoms with van der Waals surface area (Å²) in [6.45, 7) is 8.94. The molecule has 3 rings (SSSR count). The van der Waals surface area contributed by atoms with Crippen LogP contribution in [-0.2, 0) is 16.1 Å². The summed E-state index contributed by atoms with van der Waals surface area (Å²) < 4.78 is 5.40. The Bertz CT molecular complexity index is 776. The summed E-state index contributed by atoms with van der Waals surface area (Å²) in [5.74, 6) is -0.296. The molecule has 1 amide bonds. The second kappa shape index (κ2) is 8.63. The molecule has 0 unspecified atom stereocenters. The molecule has 2 aromatic carbocycles. The average molecular weight is 383 g/mol. The fourth-order valence-electron chi connectivity index (χ4n) is 3.07. The van der Waals surface area contributed by atoms with Gasteiger partial charge < -0.3 is 15.0 Å². The number of hydroxylamine groups is 2. The average Bonchev–Trinajstić information content (AvgIpc) is 2.69. The number of nitrogens with one attached hydrogen (secondary N) is 1. The molecule has 150 valence electrons. The minimum atomic E-state index is -0.608. The molecule has 1 fully saturated rings. The maximum Gasteiger partial charge on any atom is 0.251 e. The first-order chi connectivity index (χ1) is 13.3. The van der Waals surface area contributed by atoms with Gasteiger partial charge in [-0.3, -0.25) is 10.0 Å². The van der Waals surface area contributed by atoms with Crippen LogP contribution in [0.15, 0.2) is 48.5 Å². The molecular weight excluding hydrogens is 354 g/mol. The third kappa shape index (κ3) is 5.24. The lowest BCUT2D eigenvalue weighted by molar-refractivity contribution is -0.177. The molecule has 2 aromatic rings. The van der Waals surface area contributed by atoms with Crippen LogP contribution in [0.2, 0.25) is 0 Å². The van der Waals surface area contributed by atoms with E-state index < -0.39 is 5.41 Å². The Morgan fingerprint density at radius 2 is 1.57 bits per heavy atom. The smallest absolute Gasteiger partial charge is 0.251 e. The van der Waals surface area contributed by atoms with E-state index in [2.05, 4.69) is 34.5 Å². The van der Waals surface area contributed by atoms with Crippen LogP contribution in [0.1, 0.15) is 26.3 Å². The number of morpholine rings is 1. The molecule has 0 bridgehead atoms. The quantitative estimate of drug-likeness (QED) is 0.603. The van der Waals surface area contributed by atoms with Crippen molar-refractivity contribution in [2.75, 3.05) is 36.5 Å². The topological polar surface area (TPSA) is 65.0 Å². The van der Waals surface area contributed by atoms with Crippen LogP contribution in [0.25, 0.3) is 0 Å². The molecule has 1 saturated heterocycles. The molecule has 0 atom stereocenters. The first kappa shape index (κ1) is 20.2. The summed E-state index contributed by atoms with van der Waals surface area (Å²) in [6.07, 6.45) is 0. The van der Waals surface area contributed by atoms with E-state index in [1.165, 1.54) is 5.69 Å². The van der Waals surface area contributed by atoms with E-state index in [1.807, 2.05) is 24.3 Å². The van der Waals surface area contributed by atoms with Gasteiger partial charge >= 0.3 is 0 Å². The summed E-state index contributed by atoms with van der Waals surface area (Å²) in [5.41, 5.74) is 3.43. The standard InChI is InChI=1S/C22H29N3O3/c1-22(2,3)21(26)25(27)16-17-4-6-18(7-5-17)23-19-8-10-20(11-9-19)24-12-14-28-15-13-24/h4-11,23,27H,12-16H2,1-3H3. The molecular formula is C22H29N3O3. The molecule has 1 heterocycles. The summed E-state index contributed by atoms with van der Waals surface area (Å²) in [6, 6.07) is 16.1. The van der Waals surface area contributed by atoms with Gasteiger partial charge in [-0.25, -0.2) is 5.06 Å².